The first kappa shape index (κ1) is 18.7. The summed E-state index contributed by atoms with van der Waals surface area (Å²) in [6.07, 6.45) is 1.59. The number of hydrogen-bond acceptors (Lipinski definition) is 5. The Morgan fingerprint density at radius 2 is 2.00 bits per heavy atom. The van der Waals surface area contributed by atoms with Gasteiger partial charge in [-0.3, -0.25) is 9.89 Å². The van der Waals surface area contributed by atoms with E-state index in [1.54, 1.807) is 47.3 Å². The predicted molar refractivity (Wildman–Crippen MR) is 101 cm³/mol. The van der Waals surface area contributed by atoms with Crippen molar-refractivity contribution >= 4 is 29.3 Å². The normalized spacial score (nSPS) is 10.8. The van der Waals surface area contributed by atoms with Crippen LogP contribution < -0.4 is 5.32 Å². The lowest BCUT2D eigenvalue weighted by Crippen LogP contribution is -2.23. The maximum Gasteiger partial charge on any atom is 0.356 e. The Morgan fingerprint density at radius 3 is 2.70 bits per heavy atom. The van der Waals surface area contributed by atoms with Crippen molar-refractivity contribution in [2.75, 3.05) is 11.9 Å². The first-order valence-electron chi connectivity index (χ1n) is 8.26. The summed E-state index contributed by atoms with van der Waals surface area (Å²) in [5.41, 5.74) is 1.53. The maximum atomic E-state index is 12.1. The minimum absolute atomic E-state index is 0.0918. The molecular formula is C18H18ClN5O3. The molecule has 3 aromatic rings. The van der Waals surface area contributed by atoms with Gasteiger partial charge in [-0.25, -0.2) is 9.48 Å². The lowest BCUT2D eigenvalue weighted by molar-refractivity contribution is -0.119. The molecule has 3 rings (SSSR count). The van der Waals surface area contributed by atoms with Gasteiger partial charge in [0, 0.05) is 22.7 Å². The average Bonchev–Trinajstić information content (AvgIpc) is 3.30. The molecule has 0 fully saturated rings. The van der Waals surface area contributed by atoms with Gasteiger partial charge in [-0.05, 0) is 32.0 Å². The Kier molecular flexibility index (Phi) is 5.56. The fraction of sp³-hybridized carbons (Fsp3) is 0.222. The third-order valence-electron chi connectivity index (χ3n) is 3.70. The second-order valence-electron chi connectivity index (χ2n) is 6.05. The van der Waals surface area contributed by atoms with Gasteiger partial charge >= 0.3 is 5.97 Å². The number of hydrogen-bond donors (Lipinski definition) is 2. The lowest BCUT2D eigenvalue weighted by Gasteiger charge is -2.11. The van der Waals surface area contributed by atoms with E-state index >= 15 is 0 Å². The van der Waals surface area contributed by atoms with Crippen LogP contribution in [0, 0.1) is 0 Å². The highest BCUT2D eigenvalue weighted by molar-refractivity contribution is 6.30. The lowest BCUT2D eigenvalue weighted by atomic mass is 10.1. The summed E-state index contributed by atoms with van der Waals surface area (Å²) in [6, 6.07) is 10.4. The summed E-state index contributed by atoms with van der Waals surface area (Å²) in [6.45, 7) is 3.47. The minimum Gasteiger partial charge on any atom is -0.451 e. The van der Waals surface area contributed by atoms with Crippen LogP contribution in [0.3, 0.4) is 0 Å². The van der Waals surface area contributed by atoms with E-state index in [4.69, 9.17) is 16.3 Å². The first-order chi connectivity index (χ1) is 12.9. The van der Waals surface area contributed by atoms with Gasteiger partial charge in [0.25, 0.3) is 5.91 Å². The highest BCUT2D eigenvalue weighted by Gasteiger charge is 2.15. The molecule has 9 heteroatoms. The Balaban J connectivity index is 1.57. The molecule has 2 heterocycles. The van der Waals surface area contributed by atoms with E-state index in [9.17, 15) is 9.59 Å². The van der Waals surface area contributed by atoms with Gasteiger partial charge in [0.1, 0.15) is 11.5 Å². The third-order valence-corrected chi connectivity index (χ3v) is 3.95. The molecule has 140 valence electrons. The van der Waals surface area contributed by atoms with Gasteiger partial charge in [0.2, 0.25) is 0 Å². The van der Waals surface area contributed by atoms with Crippen molar-refractivity contribution in [1.82, 2.24) is 20.0 Å². The number of ether oxygens (including phenoxy) is 1. The zero-order chi connectivity index (χ0) is 19.4. The van der Waals surface area contributed by atoms with Crippen LogP contribution in [0.4, 0.5) is 5.82 Å². The zero-order valence-electron chi connectivity index (χ0n) is 14.8. The number of halogens is 1. The van der Waals surface area contributed by atoms with Gasteiger partial charge in [-0.1, -0.05) is 23.7 Å². The van der Waals surface area contributed by atoms with Crippen molar-refractivity contribution in [2.45, 2.75) is 19.9 Å². The van der Waals surface area contributed by atoms with Crippen LogP contribution in [-0.2, 0) is 9.53 Å². The number of nitrogens with one attached hydrogen (secondary N) is 2. The zero-order valence-corrected chi connectivity index (χ0v) is 15.5. The van der Waals surface area contributed by atoms with Crippen LogP contribution >= 0.6 is 11.6 Å². The van der Waals surface area contributed by atoms with Crippen molar-refractivity contribution in [3.63, 3.8) is 0 Å². The predicted octanol–water partition coefficient (Wildman–Crippen LogP) is 3.30. The third kappa shape index (κ3) is 4.53. The Hall–Kier alpha value is -3.13. The fourth-order valence-corrected chi connectivity index (χ4v) is 2.53. The topological polar surface area (TPSA) is 102 Å². The van der Waals surface area contributed by atoms with Crippen LogP contribution in [0.2, 0.25) is 5.02 Å². The standard InChI is InChI=1S/C18H18ClN5O3/c1-11(2)24-16(7-8-20-24)21-17(25)10-27-18(26)15-9-14(22-23-15)12-3-5-13(19)6-4-12/h3-9,11H,10H2,1-2H3,(H,21,25)(H,22,23). The molecule has 0 aliphatic carbocycles. The molecule has 0 aliphatic rings. The second-order valence-corrected chi connectivity index (χ2v) is 6.49. The maximum absolute atomic E-state index is 12.1. The molecule has 0 atom stereocenters. The molecule has 1 amide bonds. The summed E-state index contributed by atoms with van der Waals surface area (Å²) in [7, 11) is 0. The van der Waals surface area contributed by atoms with Crippen LogP contribution in [0.25, 0.3) is 11.3 Å². The van der Waals surface area contributed by atoms with Gasteiger partial charge in [-0.15, -0.1) is 0 Å². The van der Waals surface area contributed by atoms with Crippen LogP contribution in [0.5, 0.6) is 0 Å². The van der Waals surface area contributed by atoms with E-state index in [-0.39, 0.29) is 11.7 Å². The molecule has 2 N–H and O–H groups in total. The van der Waals surface area contributed by atoms with Crippen LogP contribution in [0.15, 0.2) is 42.6 Å². The largest absolute Gasteiger partial charge is 0.451 e. The second kappa shape index (κ2) is 8.05. The number of esters is 1. The quantitative estimate of drug-likeness (QED) is 0.632. The van der Waals surface area contributed by atoms with E-state index in [1.165, 1.54) is 0 Å². The molecular weight excluding hydrogens is 370 g/mol. The van der Waals surface area contributed by atoms with E-state index < -0.39 is 18.5 Å². The molecule has 2 aromatic heterocycles. The van der Waals surface area contributed by atoms with Crippen LogP contribution in [-0.4, -0.2) is 38.5 Å². The van der Waals surface area contributed by atoms with Gasteiger partial charge in [0.05, 0.1) is 11.9 Å². The van der Waals surface area contributed by atoms with Gasteiger partial charge in [0.15, 0.2) is 6.61 Å². The number of aromatic amines is 1. The molecule has 0 bridgehead atoms. The number of carbonyl (C=O) groups is 2. The van der Waals surface area contributed by atoms with Gasteiger partial charge in [-0.2, -0.15) is 10.2 Å². The number of rotatable bonds is 6. The average molecular weight is 388 g/mol. The number of anilines is 1. The smallest absolute Gasteiger partial charge is 0.356 e. The molecule has 0 radical (unpaired) electrons. The van der Waals surface area contributed by atoms with Crippen molar-refractivity contribution in [1.29, 1.82) is 0 Å². The molecule has 8 nitrogen and oxygen atoms in total. The Labute approximate surface area is 160 Å². The van der Waals surface area contributed by atoms with Gasteiger partial charge < -0.3 is 10.1 Å². The monoisotopic (exact) mass is 387 g/mol. The van der Waals surface area contributed by atoms with E-state index in [0.29, 0.717) is 16.5 Å². The highest BCUT2D eigenvalue weighted by atomic mass is 35.5. The molecule has 0 unspecified atom stereocenters. The first-order valence-corrected chi connectivity index (χ1v) is 8.63. The number of aromatic nitrogens is 4. The van der Waals surface area contributed by atoms with E-state index in [1.807, 2.05) is 13.8 Å². The van der Waals surface area contributed by atoms with Crippen molar-refractivity contribution in [3.8, 4) is 11.3 Å². The number of amides is 1. The summed E-state index contributed by atoms with van der Waals surface area (Å²) in [4.78, 5) is 24.1. The summed E-state index contributed by atoms with van der Waals surface area (Å²) < 4.78 is 6.69. The number of H-pyrrole nitrogens is 1. The Morgan fingerprint density at radius 1 is 1.26 bits per heavy atom. The summed E-state index contributed by atoms with van der Waals surface area (Å²) >= 11 is 5.86. The van der Waals surface area contributed by atoms with Crippen molar-refractivity contribution in [3.05, 3.63) is 53.3 Å². The van der Waals surface area contributed by atoms with Crippen molar-refractivity contribution < 1.29 is 14.3 Å². The highest BCUT2D eigenvalue weighted by Crippen LogP contribution is 2.20. The fourth-order valence-electron chi connectivity index (χ4n) is 2.41. The SMILES string of the molecule is CC(C)n1nccc1NC(=O)COC(=O)c1cc(-c2ccc(Cl)cc2)n[nH]1. The molecule has 0 saturated carbocycles. The molecule has 0 spiro atoms. The van der Waals surface area contributed by atoms with Crippen LogP contribution in [0.1, 0.15) is 30.4 Å². The summed E-state index contributed by atoms with van der Waals surface area (Å²) in [5.74, 6) is -0.587. The molecule has 1 aromatic carbocycles. The Bertz CT molecular complexity index is 946. The molecule has 27 heavy (non-hydrogen) atoms. The number of benzene rings is 1. The summed E-state index contributed by atoms with van der Waals surface area (Å²) in [5, 5.41) is 14.1. The van der Waals surface area contributed by atoms with E-state index in [2.05, 4.69) is 20.6 Å². The van der Waals surface area contributed by atoms with Crippen molar-refractivity contribution in [2.24, 2.45) is 0 Å². The number of carbonyl (C=O) groups excluding carboxylic acids is 2. The van der Waals surface area contributed by atoms with E-state index in [0.717, 1.165) is 5.56 Å². The molecule has 0 saturated heterocycles. The minimum atomic E-state index is -0.671. The molecule has 0 aliphatic heterocycles. The number of nitrogens with zero attached hydrogens (tertiary/aromatic N) is 3.